The van der Waals surface area contributed by atoms with Gasteiger partial charge >= 0.3 is 0 Å². The van der Waals surface area contributed by atoms with Crippen LogP contribution in [0.4, 0.5) is 5.69 Å². The highest BCUT2D eigenvalue weighted by Gasteiger charge is 2.31. The number of rotatable bonds is 4. The fraction of sp³-hybridized carbons (Fsp3) is 0.400. The molecule has 78 valence electrons. The van der Waals surface area contributed by atoms with Crippen molar-refractivity contribution >= 4 is 11.5 Å². The van der Waals surface area contributed by atoms with E-state index < -0.39 is 4.92 Å². The highest BCUT2D eigenvalue weighted by molar-refractivity contribution is 5.85. The van der Waals surface area contributed by atoms with Crippen LogP contribution in [0.25, 0.3) is 0 Å². The zero-order valence-corrected chi connectivity index (χ0v) is 8.05. The smallest absolute Gasteiger partial charge is 0.291 e. The largest absolute Gasteiger partial charge is 0.299 e. The van der Waals surface area contributed by atoms with Gasteiger partial charge in [-0.1, -0.05) is 0 Å². The number of ketones is 1. The van der Waals surface area contributed by atoms with Crippen LogP contribution in [-0.4, -0.2) is 15.7 Å². The van der Waals surface area contributed by atoms with Gasteiger partial charge in [-0.05, 0) is 18.9 Å². The molecule has 0 spiro atoms. The van der Waals surface area contributed by atoms with Crippen molar-refractivity contribution in [3.8, 4) is 0 Å². The van der Waals surface area contributed by atoms with Gasteiger partial charge in [-0.15, -0.1) is 0 Å². The zero-order valence-electron chi connectivity index (χ0n) is 8.05. The minimum absolute atomic E-state index is 0.0634. The van der Waals surface area contributed by atoms with Crippen LogP contribution in [0.3, 0.4) is 0 Å². The van der Waals surface area contributed by atoms with Gasteiger partial charge in [0.1, 0.15) is 11.5 Å². The zero-order chi connectivity index (χ0) is 10.8. The van der Waals surface area contributed by atoms with E-state index in [1.165, 1.54) is 18.3 Å². The molecule has 1 aliphatic carbocycles. The van der Waals surface area contributed by atoms with E-state index in [4.69, 9.17) is 0 Å². The molecule has 0 unspecified atom stereocenters. The molecule has 1 aromatic rings. The molecular weight excluding hydrogens is 196 g/mol. The van der Waals surface area contributed by atoms with Gasteiger partial charge in [-0.25, -0.2) is 0 Å². The minimum atomic E-state index is -0.498. The number of carbonyl (C=O) groups excluding carboxylic acids is 1. The molecule has 1 heterocycles. The van der Waals surface area contributed by atoms with E-state index >= 15 is 0 Å². The lowest BCUT2D eigenvalue weighted by Gasteiger charge is -1.99. The number of Topliss-reactive ketones (excluding diaryl/α,β-unsaturated/α-hetero) is 1. The Morgan fingerprint density at radius 2 is 2.33 bits per heavy atom. The number of nitro groups is 1. The molecule has 1 saturated carbocycles. The van der Waals surface area contributed by atoms with Crippen LogP contribution in [0.1, 0.15) is 18.5 Å². The van der Waals surface area contributed by atoms with Gasteiger partial charge in [0, 0.05) is 18.2 Å². The summed E-state index contributed by atoms with van der Waals surface area (Å²) in [5.41, 5.74) is 0.214. The second-order valence-corrected chi connectivity index (χ2v) is 3.64. The normalized spacial score (nSPS) is 14.9. The second kappa shape index (κ2) is 3.76. The topological polar surface area (TPSA) is 73.1 Å². The summed E-state index contributed by atoms with van der Waals surface area (Å²) in [6, 6.07) is 2.88. The van der Waals surface area contributed by atoms with Gasteiger partial charge in [0.2, 0.25) is 0 Å². The Bertz CT molecular complexity index is 413. The summed E-state index contributed by atoms with van der Waals surface area (Å²) < 4.78 is 0. The Hall–Kier alpha value is -1.78. The molecule has 2 rings (SSSR count). The summed E-state index contributed by atoms with van der Waals surface area (Å²) >= 11 is 0. The van der Waals surface area contributed by atoms with Crippen LogP contribution < -0.4 is 0 Å². The lowest BCUT2D eigenvalue weighted by molar-refractivity contribution is -0.385. The molecule has 0 bridgehead atoms. The summed E-state index contributed by atoms with van der Waals surface area (Å²) in [6.45, 7) is 0. The summed E-state index contributed by atoms with van der Waals surface area (Å²) in [5, 5.41) is 10.6. The standard InChI is InChI=1S/C10H10N2O3/c13-10(7-3-4-7)6-8-9(12(14)15)2-1-5-11-8/h1-2,5,7H,3-4,6H2. The van der Waals surface area contributed by atoms with Crippen molar-refractivity contribution in [2.45, 2.75) is 19.3 Å². The lowest BCUT2D eigenvalue weighted by Crippen LogP contribution is -2.08. The molecule has 1 aliphatic rings. The van der Waals surface area contributed by atoms with Crippen LogP contribution in [0.15, 0.2) is 18.3 Å². The first-order valence-electron chi connectivity index (χ1n) is 4.79. The van der Waals surface area contributed by atoms with Gasteiger partial charge in [-0.3, -0.25) is 19.9 Å². The Balaban J connectivity index is 2.19. The van der Waals surface area contributed by atoms with Crippen LogP contribution in [0.5, 0.6) is 0 Å². The Labute approximate surface area is 86.3 Å². The molecular formula is C10H10N2O3. The minimum Gasteiger partial charge on any atom is -0.299 e. The molecule has 0 radical (unpaired) electrons. The number of nitrogens with zero attached hydrogens (tertiary/aromatic N) is 2. The third kappa shape index (κ3) is 2.18. The molecule has 0 aliphatic heterocycles. The number of hydrogen-bond acceptors (Lipinski definition) is 4. The molecule has 0 atom stereocenters. The number of aromatic nitrogens is 1. The lowest BCUT2D eigenvalue weighted by atomic mass is 10.1. The summed E-state index contributed by atoms with van der Waals surface area (Å²) in [7, 11) is 0. The molecule has 0 N–H and O–H groups in total. The third-order valence-electron chi connectivity index (χ3n) is 2.44. The maximum Gasteiger partial charge on any atom is 0.291 e. The molecule has 0 saturated heterocycles. The molecule has 15 heavy (non-hydrogen) atoms. The number of pyridine rings is 1. The highest BCUT2D eigenvalue weighted by atomic mass is 16.6. The van der Waals surface area contributed by atoms with Crippen molar-refractivity contribution < 1.29 is 9.72 Å². The predicted molar refractivity (Wildman–Crippen MR) is 52.3 cm³/mol. The highest BCUT2D eigenvalue weighted by Crippen LogP contribution is 2.31. The Morgan fingerprint density at radius 1 is 1.60 bits per heavy atom. The van der Waals surface area contributed by atoms with Gasteiger partial charge < -0.3 is 0 Å². The maximum atomic E-state index is 11.5. The average molecular weight is 206 g/mol. The molecule has 5 nitrogen and oxygen atoms in total. The van der Waals surface area contributed by atoms with E-state index in [1.54, 1.807) is 0 Å². The van der Waals surface area contributed by atoms with Crippen molar-refractivity contribution in [1.29, 1.82) is 0 Å². The second-order valence-electron chi connectivity index (χ2n) is 3.64. The van der Waals surface area contributed by atoms with E-state index in [-0.39, 0.29) is 29.5 Å². The van der Waals surface area contributed by atoms with Gasteiger partial charge in [0.15, 0.2) is 0 Å². The molecule has 0 amide bonds. The number of carbonyl (C=O) groups is 1. The number of hydrogen-bond donors (Lipinski definition) is 0. The van der Waals surface area contributed by atoms with Crippen LogP contribution in [0.2, 0.25) is 0 Å². The van der Waals surface area contributed by atoms with Crippen LogP contribution >= 0.6 is 0 Å². The molecule has 1 fully saturated rings. The van der Waals surface area contributed by atoms with E-state index in [0.717, 1.165) is 12.8 Å². The molecule has 0 aromatic carbocycles. The van der Waals surface area contributed by atoms with Crippen molar-refractivity contribution in [3.05, 3.63) is 34.1 Å². The third-order valence-corrected chi connectivity index (χ3v) is 2.44. The van der Waals surface area contributed by atoms with Gasteiger partial charge in [0.25, 0.3) is 5.69 Å². The SMILES string of the molecule is O=C(Cc1ncccc1[N+](=O)[O-])C1CC1. The Morgan fingerprint density at radius 3 is 2.93 bits per heavy atom. The maximum absolute atomic E-state index is 11.5. The predicted octanol–water partition coefficient (Wildman–Crippen LogP) is 1.51. The van der Waals surface area contributed by atoms with Crippen molar-refractivity contribution in [2.75, 3.05) is 0 Å². The Kier molecular flexibility index (Phi) is 2.45. The summed E-state index contributed by atoms with van der Waals surface area (Å²) in [4.78, 5) is 25.5. The molecule has 5 heteroatoms. The van der Waals surface area contributed by atoms with Crippen molar-refractivity contribution in [2.24, 2.45) is 5.92 Å². The van der Waals surface area contributed by atoms with Crippen LogP contribution in [0, 0.1) is 16.0 Å². The van der Waals surface area contributed by atoms with E-state index in [9.17, 15) is 14.9 Å². The summed E-state index contributed by atoms with van der Waals surface area (Å²) in [6.07, 6.45) is 3.39. The van der Waals surface area contributed by atoms with Crippen molar-refractivity contribution in [1.82, 2.24) is 4.98 Å². The first kappa shape index (κ1) is 9.76. The quantitative estimate of drug-likeness (QED) is 0.552. The molecule has 1 aromatic heterocycles. The first-order valence-corrected chi connectivity index (χ1v) is 4.79. The monoisotopic (exact) mass is 206 g/mol. The van der Waals surface area contributed by atoms with E-state index in [1.807, 2.05) is 0 Å². The summed E-state index contributed by atoms with van der Waals surface area (Å²) in [5.74, 6) is 0.184. The van der Waals surface area contributed by atoms with E-state index in [0.29, 0.717) is 0 Å². The van der Waals surface area contributed by atoms with Gasteiger partial charge in [0.05, 0.1) is 11.3 Å². The first-order chi connectivity index (χ1) is 7.18. The van der Waals surface area contributed by atoms with Crippen molar-refractivity contribution in [3.63, 3.8) is 0 Å². The fourth-order valence-electron chi connectivity index (χ4n) is 1.45. The van der Waals surface area contributed by atoms with E-state index in [2.05, 4.69) is 4.98 Å². The van der Waals surface area contributed by atoms with Crippen LogP contribution in [-0.2, 0) is 11.2 Å². The fourth-order valence-corrected chi connectivity index (χ4v) is 1.45. The average Bonchev–Trinajstić information content (AvgIpc) is 3.01. The van der Waals surface area contributed by atoms with Gasteiger partial charge in [-0.2, -0.15) is 0 Å².